The van der Waals surface area contributed by atoms with Gasteiger partial charge in [0.05, 0.1) is 11.7 Å². The zero-order chi connectivity index (χ0) is 14.8. The molecule has 0 amide bonds. The predicted octanol–water partition coefficient (Wildman–Crippen LogP) is 2.90. The monoisotopic (exact) mass is 306 g/mol. The Bertz CT molecular complexity index is 469. The van der Waals surface area contributed by atoms with E-state index in [1.54, 1.807) is 0 Å². The molecule has 1 heterocycles. The fraction of sp³-hybridized carbons (Fsp3) is 0.688. The fourth-order valence-corrected chi connectivity index (χ4v) is 3.77. The quantitative estimate of drug-likeness (QED) is 0.758. The van der Waals surface area contributed by atoms with Crippen LogP contribution in [-0.2, 0) is 0 Å². The Morgan fingerprint density at radius 2 is 2.10 bits per heavy atom. The van der Waals surface area contributed by atoms with Gasteiger partial charge in [-0.05, 0) is 76.8 Å². The topological polar surface area (TPSA) is 40.2 Å². The Kier molecular flexibility index (Phi) is 4.72. The molecule has 3 rings (SSSR count). The van der Waals surface area contributed by atoms with E-state index in [0.717, 1.165) is 11.3 Å². The van der Waals surface area contributed by atoms with E-state index in [1.807, 2.05) is 25.2 Å². The lowest BCUT2D eigenvalue weighted by Crippen LogP contribution is -2.45. The largest absolute Gasteiger partial charge is 0.329 e. The van der Waals surface area contributed by atoms with E-state index >= 15 is 0 Å². The van der Waals surface area contributed by atoms with E-state index < -0.39 is 0 Å². The van der Waals surface area contributed by atoms with Crippen molar-refractivity contribution in [3.63, 3.8) is 0 Å². The lowest BCUT2D eigenvalue weighted by atomic mass is 9.74. The van der Waals surface area contributed by atoms with Gasteiger partial charge in [-0.2, -0.15) is 0 Å². The first-order valence-electron chi connectivity index (χ1n) is 7.88. The zero-order valence-corrected chi connectivity index (χ0v) is 14.0. The molecule has 2 aliphatic carbocycles. The van der Waals surface area contributed by atoms with Gasteiger partial charge in [0.1, 0.15) is 0 Å². The van der Waals surface area contributed by atoms with E-state index in [9.17, 15) is 0 Å². The zero-order valence-electron chi connectivity index (χ0n) is 13.2. The maximum Gasteiger partial charge on any atom is 0.0596 e. The molecule has 2 aliphatic rings. The highest BCUT2D eigenvalue weighted by molar-refractivity contribution is 8.01. The highest BCUT2D eigenvalue weighted by Crippen LogP contribution is 2.40. The van der Waals surface area contributed by atoms with Crippen molar-refractivity contribution in [1.29, 1.82) is 0 Å². The summed E-state index contributed by atoms with van der Waals surface area (Å²) in [6.07, 6.45) is 7.15. The minimum Gasteiger partial charge on any atom is -0.329 e. The van der Waals surface area contributed by atoms with Crippen LogP contribution in [-0.4, -0.2) is 42.3 Å². The normalized spacial score (nSPS) is 26.5. The Labute approximate surface area is 132 Å². The number of hydrogen-bond donors (Lipinski definition) is 2. The van der Waals surface area contributed by atoms with Crippen molar-refractivity contribution in [2.45, 2.75) is 43.0 Å². The molecule has 0 spiro atoms. The van der Waals surface area contributed by atoms with E-state index in [1.165, 1.54) is 37.1 Å². The van der Waals surface area contributed by atoms with Gasteiger partial charge >= 0.3 is 0 Å². The van der Waals surface area contributed by atoms with Gasteiger partial charge in [-0.25, -0.2) is 0 Å². The molecule has 0 bridgehead atoms. The van der Waals surface area contributed by atoms with E-state index in [4.69, 9.17) is 0 Å². The van der Waals surface area contributed by atoms with Crippen molar-refractivity contribution in [2.24, 2.45) is 5.92 Å². The van der Waals surface area contributed by atoms with Crippen LogP contribution >= 0.6 is 11.9 Å². The van der Waals surface area contributed by atoms with Crippen LogP contribution in [0.2, 0.25) is 0 Å². The van der Waals surface area contributed by atoms with Gasteiger partial charge in [0.25, 0.3) is 0 Å². The third-order valence-corrected chi connectivity index (χ3v) is 5.79. The SMILES string of the molecule is CNC(c1cc(NSC2CC2)ccn1)C1CC(N(C)C)C1. The van der Waals surface area contributed by atoms with E-state index in [2.05, 4.69) is 46.2 Å². The molecule has 116 valence electrons. The summed E-state index contributed by atoms with van der Waals surface area (Å²) in [6.45, 7) is 0. The van der Waals surface area contributed by atoms with Crippen molar-refractivity contribution in [1.82, 2.24) is 15.2 Å². The molecule has 2 fully saturated rings. The van der Waals surface area contributed by atoms with Crippen LogP contribution in [0.5, 0.6) is 0 Å². The number of nitrogens with zero attached hydrogens (tertiary/aromatic N) is 2. The molecule has 0 aliphatic heterocycles. The summed E-state index contributed by atoms with van der Waals surface area (Å²) < 4.78 is 3.47. The smallest absolute Gasteiger partial charge is 0.0596 e. The molecule has 21 heavy (non-hydrogen) atoms. The summed E-state index contributed by atoms with van der Waals surface area (Å²) in [6, 6.07) is 5.38. The molecule has 2 saturated carbocycles. The number of nitrogens with one attached hydrogen (secondary N) is 2. The van der Waals surface area contributed by atoms with Crippen molar-refractivity contribution in [2.75, 3.05) is 25.9 Å². The van der Waals surface area contributed by atoms with Crippen LogP contribution in [0.3, 0.4) is 0 Å². The third kappa shape index (κ3) is 3.71. The number of hydrogen-bond acceptors (Lipinski definition) is 5. The molecule has 1 atom stereocenters. The van der Waals surface area contributed by atoms with Gasteiger partial charge in [-0.3, -0.25) is 4.98 Å². The van der Waals surface area contributed by atoms with Gasteiger partial charge in [0.15, 0.2) is 0 Å². The second kappa shape index (κ2) is 6.55. The number of pyridine rings is 1. The van der Waals surface area contributed by atoms with Crippen molar-refractivity contribution in [3.05, 3.63) is 24.0 Å². The lowest BCUT2D eigenvalue weighted by Gasteiger charge is -2.43. The Hall–Kier alpha value is -0.780. The van der Waals surface area contributed by atoms with Crippen molar-refractivity contribution in [3.8, 4) is 0 Å². The van der Waals surface area contributed by atoms with Gasteiger partial charge < -0.3 is 14.9 Å². The average molecular weight is 306 g/mol. The molecule has 4 nitrogen and oxygen atoms in total. The van der Waals surface area contributed by atoms with Crippen molar-refractivity contribution < 1.29 is 0 Å². The second-order valence-electron chi connectivity index (χ2n) is 6.50. The summed E-state index contributed by atoms with van der Waals surface area (Å²) >= 11 is 1.85. The Morgan fingerprint density at radius 1 is 1.33 bits per heavy atom. The molecule has 0 saturated heterocycles. The summed E-state index contributed by atoms with van der Waals surface area (Å²) in [5.74, 6) is 0.696. The highest BCUT2D eigenvalue weighted by atomic mass is 32.2. The van der Waals surface area contributed by atoms with Crippen molar-refractivity contribution >= 4 is 17.6 Å². The van der Waals surface area contributed by atoms with Gasteiger partial charge in [0, 0.05) is 23.2 Å². The van der Waals surface area contributed by atoms with Crippen LogP contribution in [0.25, 0.3) is 0 Å². The summed E-state index contributed by atoms with van der Waals surface area (Å²) in [5, 5.41) is 4.28. The second-order valence-corrected chi connectivity index (χ2v) is 7.61. The number of aromatic nitrogens is 1. The number of rotatable bonds is 7. The maximum atomic E-state index is 4.60. The predicted molar refractivity (Wildman–Crippen MR) is 90.5 cm³/mol. The minimum absolute atomic E-state index is 0.369. The Morgan fingerprint density at radius 3 is 2.71 bits per heavy atom. The summed E-state index contributed by atoms with van der Waals surface area (Å²) in [5.41, 5.74) is 2.35. The first kappa shape index (κ1) is 15.1. The molecule has 1 aromatic rings. The molecular weight excluding hydrogens is 280 g/mol. The summed E-state index contributed by atoms with van der Waals surface area (Å²) in [4.78, 5) is 6.93. The first-order chi connectivity index (χ1) is 10.2. The van der Waals surface area contributed by atoms with Crippen LogP contribution in [0.4, 0.5) is 5.69 Å². The van der Waals surface area contributed by atoms with Crippen LogP contribution in [0, 0.1) is 5.92 Å². The summed E-state index contributed by atoms with van der Waals surface area (Å²) in [7, 11) is 6.40. The van der Waals surface area contributed by atoms with E-state index in [-0.39, 0.29) is 0 Å². The van der Waals surface area contributed by atoms with Crippen LogP contribution < -0.4 is 10.0 Å². The van der Waals surface area contributed by atoms with Crippen LogP contribution in [0.15, 0.2) is 18.3 Å². The fourth-order valence-electron chi connectivity index (χ4n) is 2.97. The van der Waals surface area contributed by atoms with Crippen LogP contribution in [0.1, 0.15) is 37.4 Å². The highest BCUT2D eigenvalue weighted by Gasteiger charge is 2.36. The van der Waals surface area contributed by atoms with Gasteiger partial charge in [-0.1, -0.05) is 0 Å². The molecular formula is C16H26N4S. The van der Waals surface area contributed by atoms with Gasteiger partial charge in [0.2, 0.25) is 0 Å². The van der Waals surface area contributed by atoms with E-state index in [0.29, 0.717) is 12.0 Å². The molecule has 2 N–H and O–H groups in total. The standard InChI is InChI=1S/C16H26N4S/c1-17-16(11-8-13(9-11)20(2)3)15-10-12(6-7-18-15)19-21-14-4-5-14/h6-7,10-11,13-14,16-17H,4-5,8-9H2,1-3H3,(H,18,19). The average Bonchev–Trinajstić information content (AvgIpc) is 3.24. The van der Waals surface area contributed by atoms with Gasteiger partial charge in [-0.15, -0.1) is 0 Å². The number of anilines is 1. The maximum absolute atomic E-state index is 4.60. The minimum atomic E-state index is 0.369. The molecule has 0 aromatic carbocycles. The molecule has 1 unspecified atom stereocenters. The first-order valence-corrected chi connectivity index (χ1v) is 8.76. The molecule has 1 aromatic heterocycles. The lowest BCUT2D eigenvalue weighted by molar-refractivity contribution is 0.0955. The molecule has 0 radical (unpaired) electrons. The third-order valence-electron chi connectivity index (χ3n) is 4.63. The Balaban J connectivity index is 1.61. The molecule has 5 heteroatoms.